The number of amides is 4. The van der Waals surface area contributed by atoms with Gasteiger partial charge in [-0.15, -0.1) is 0 Å². The minimum absolute atomic E-state index is 0.0785. The summed E-state index contributed by atoms with van der Waals surface area (Å²) in [6.45, 7) is 0. The Morgan fingerprint density at radius 2 is 1.70 bits per heavy atom. The Bertz CT molecular complexity index is 1490. The molecule has 0 bridgehead atoms. The fraction of sp³-hybridized carbons (Fsp3) is 0.185. The lowest BCUT2D eigenvalue weighted by atomic mass is 9.76. The number of phenols is 1. The molecule has 3 heterocycles. The Morgan fingerprint density at radius 1 is 1.00 bits per heavy atom. The number of aromatic hydroxyl groups is 1. The summed E-state index contributed by atoms with van der Waals surface area (Å²) in [7, 11) is 0. The first kappa shape index (κ1) is 22.9. The molecule has 37 heavy (non-hydrogen) atoms. The van der Waals surface area contributed by atoms with Gasteiger partial charge in [-0.2, -0.15) is 0 Å². The maximum atomic E-state index is 14.4. The molecule has 186 valence electrons. The Hall–Kier alpha value is -4.57. The van der Waals surface area contributed by atoms with Crippen LogP contribution in [0.1, 0.15) is 21.5 Å². The zero-order valence-electron chi connectivity index (χ0n) is 19.3. The van der Waals surface area contributed by atoms with Crippen LogP contribution in [0.3, 0.4) is 0 Å². The van der Waals surface area contributed by atoms with Crippen molar-refractivity contribution in [3.8, 4) is 5.75 Å². The first-order valence-electron chi connectivity index (χ1n) is 11.7. The number of nitrogens with one attached hydrogen (secondary N) is 2. The van der Waals surface area contributed by atoms with Gasteiger partial charge in [0.15, 0.2) is 0 Å². The molecule has 4 atom stereocenters. The first-order valence-corrected chi connectivity index (χ1v) is 11.7. The predicted octanol–water partition coefficient (Wildman–Crippen LogP) is 1.80. The van der Waals surface area contributed by atoms with E-state index in [4.69, 9.17) is 5.73 Å². The summed E-state index contributed by atoms with van der Waals surface area (Å²) < 4.78 is 14.4. The monoisotopic (exact) mass is 500 g/mol. The van der Waals surface area contributed by atoms with E-state index in [0.717, 1.165) is 10.5 Å². The molecule has 3 aliphatic rings. The standard InChI is InChI=1S/C27H21FN4O5/c28-15-5-10-19-18(12-15)27(26(37)30-19)22-21(20(31-27)11-13-1-8-17(33)9-2-13)24(35)32(25(22)36)16-6-3-14(4-7-16)23(29)34/h1-10,12,20-22,31,33H,11H2,(H2,29,34)(H,30,37). The van der Waals surface area contributed by atoms with Crippen LogP contribution < -0.4 is 21.3 Å². The number of carbonyl (C=O) groups is 4. The molecular weight excluding hydrogens is 479 g/mol. The van der Waals surface area contributed by atoms with Crippen LogP contribution in [0.25, 0.3) is 0 Å². The number of benzene rings is 3. The largest absolute Gasteiger partial charge is 0.508 e. The van der Waals surface area contributed by atoms with Gasteiger partial charge in [-0.1, -0.05) is 12.1 Å². The van der Waals surface area contributed by atoms with E-state index in [-0.39, 0.29) is 29.0 Å². The Labute approximate surface area is 210 Å². The molecule has 1 spiro atoms. The van der Waals surface area contributed by atoms with Crippen molar-refractivity contribution < 1.29 is 28.7 Å². The summed E-state index contributed by atoms with van der Waals surface area (Å²) in [5.41, 5.74) is 5.53. The summed E-state index contributed by atoms with van der Waals surface area (Å²) in [6, 6.07) is 15.4. The number of imide groups is 1. The maximum absolute atomic E-state index is 14.4. The average Bonchev–Trinajstić information content (AvgIpc) is 3.45. The van der Waals surface area contributed by atoms with E-state index in [0.29, 0.717) is 5.69 Å². The molecular formula is C27H21FN4O5. The number of hydrogen-bond donors (Lipinski definition) is 4. The topological polar surface area (TPSA) is 142 Å². The molecule has 2 saturated heterocycles. The van der Waals surface area contributed by atoms with Gasteiger partial charge in [0.1, 0.15) is 17.1 Å². The van der Waals surface area contributed by atoms with Crippen LogP contribution >= 0.6 is 0 Å². The zero-order chi connectivity index (χ0) is 26.1. The fourth-order valence-corrected chi connectivity index (χ4v) is 5.86. The van der Waals surface area contributed by atoms with Crippen LogP contribution in [0.2, 0.25) is 0 Å². The van der Waals surface area contributed by atoms with Gasteiger partial charge in [0, 0.05) is 22.9 Å². The van der Waals surface area contributed by atoms with Crippen molar-refractivity contribution >= 4 is 35.0 Å². The van der Waals surface area contributed by atoms with Crippen LogP contribution in [0.5, 0.6) is 5.75 Å². The van der Waals surface area contributed by atoms with Gasteiger partial charge in [0.25, 0.3) is 0 Å². The van der Waals surface area contributed by atoms with Gasteiger partial charge in [0.2, 0.25) is 23.6 Å². The van der Waals surface area contributed by atoms with Crippen molar-refractivity contribution in [2.45, 2.75) is 18.0 Å². The van der Waals surface area contributed by atoms with Crippen molar-refractivity contribution in [3.05, 3.63) is 89.2 Å². The van der Waals surface area contributed by atoms with Crippen molar-refractivity contribution in [1.29, 1.82) is 0 Å². The lowest BCUT2D eigenvalue weighted by Gasteiger charge is -2.29. The highest BCUT2D eigenvalue weighted by atomic mass is 19.1. The molecule has 5 N–H and O–H groups in total. The second kappa shape index (κ2) is 7.97. The normalized spacial score (nSPS) is 25.9. The van der Waals surface area contributed by atoms with Gasteiger partial charge in [-0.25, -0.2) is 9.29 Å². The number of fused-ring (bicyclic) bond motifs is 4. The summed E-state index contributed by atoms with van der Waals surface area (Å²) in [6.07, 6.45) is 0.272. The minimum Gasteiger partial charge on any atom is -0.508 e. The summed E-state index contributed by atoms with van der Waals surface area (Å²) in [5.74, 6) is -4.87. The van der Waals surface area contributed by atoms with E-state index in [9.17, 15) is 28.7 Å². The quantitative estimate of drug-likeness (QED) is 0.403. The van der Waals surface area contributed by atoms with E-state index in [2.05, 4.69) is 10.6 Å². The van der Waals surface area contributed by atoms with E-state index in [1.54, 1.807) is 12.1 Å². The number of carbonyl (C=O) groups excluding carboxylic acids is 4. The van der Waals surface area contributed by atoms with Gasteiger partial charge >= 0.3 is 0 Å². The van der Waals surface area contributed by atoms with Gasteiger partial charge in [-0.3, -0.25) is 24.5 Å². The fourth-order valence-electron chi connectivity index (χ4n) is 5.86. The minimum atomic E-state index is -1.65. The predicted molar refractivity (Wildman–Crippen MR) is 130 cm³/mol. The first-order chi connectivity index (χ1) is 17.7. The number of nitrogens with two attached hydrogens (primary N) is 1. The van der Waals surface area contributed by atoms with Crippen molar-refractivity contribution in [1.82, 2.24) is 5.32 Å². The van der Waals surface area contributed by atoms with E-state index >= 15 is 0 Å². The van der Waals surface area contributed by atoms with Gasteiger partial charge in [0.05, 0.1) is 17.5 Å². The van der Waals surface area contributed by atoms with Crippen LogP contribution in [-0.4, -0.2) is 34.8 Å². The van der Waals surface area contributed by atoms with Crippen molar-refractivity contribution in [2.24, 2.45) is 17.6 Å². The van der Waals surface area contributed by atoms with E-state index < -0.39 is 52.9 Å². The number of primary amides is 1. The lowest BCUT2D eigenvalue weighted by molar-refractivity contribution is -0.130. The number of anilines is 2. The third-order valence-corrected chi connectivity index (χ3v) is 7.48. The molecule has 2 fully saturated rings. The Morgan fingerprint density at radius 3 is 2.38 bits per heavy atom. The highest BCUT2D eigenvalue weighted by molar-refractivity contribution is 6.25. The second-order valence-corrected chi connectivity index (χ2v) is 9.50. The van der Waals surface area contributed by atoms with Gasteiger partial charge in [-0.05, 0) is 66.6 Å². The third-order valence-electron chi connectivity index (χ3n) is 7.48. The Kier molecular flexibility index (Phi) is 4.93. The molecule has 10 heteroatoms. The van der Waals surface area contributed by atoms with E-state index in [1.165, 1.54) is 54.6 Å². The van der Waals surface area contributed by atoms with E-state index in [1.807, 2.05) is 0 Å². The second-order valence-electron chi connectivity index (χ2n) is 9.50. The SMILES string of the molecule is NC(=O)c1ccc(N2C(=O)C3C(Cc4ccc(O)cc4)NC4(C(=O)Nc5ccc(F)cc54)C3C2=O)cc1. The number of phenolic OH excluding ortho intramolecular Hbond substituents is 1. The molecule has 6 rings (SSSR count). The van der Waals surface area contributed by atoms with Crippen molar-refractivity contribution in [2.75, 3.05) is 10.2 Å². The van der Waals surface area contributed by atoms with Crippen LogP contribution in [0.4, 0.5) is 15.8 Å². The number of hydrogen-bond acceptors (Lipinski definition) is 6. The number of halogens is 1. The molecule has 9 nitrogen and oxygen atoms in total. The molecule has 3 aliphatic heterocycles. The van der Waals surface area contributed by atoms with Crippen LogP contribution in [0, 0.1) is 17.7 Å². The lowest BCUT2D eigenvalue weighted by Crippen LogP contribution is -2.53. The molecule has 0 saturated carbocycles. The molecule has 0 aromatic heterocycles. The van der Waals surface area contributed by atoms with Crippen molar-refractivity contribution in [3.63, 3.8) is 0 Å². The molecule has 3 aromatic carbocycles. The third kappa shape index (κ3) is 3.26. The summed E-state index contributed by atoms with van der Waals surface area (Å²) in [4.78, 5) is 53.8. The molecule has 0 radical (unpaired) electrons. The molecule has 4 unspecified atom stereocenters. The number of nitrogens with zero attached hydrogens (tertiary/aromatic N) is 1. The highest BCUT2D eigenvalue weighted by Crippen LogP contribution is 2.54. The molecule has 4 amide bonds. The zero-order valence-corrected chi connectivity index (χ0v) is 19.3. The summed E-state index contributed by atoms with van der Waals surface area (Å²) >= 11 is 0. The van der Waals surface area contributed by atoms with Gasteiger partial charge < -0.3 is 16.2 Å². The molecule has 3 aromatic rings. The van der Waals surface area contributed by atoms with Crippen LogP contribution in [-0.2, 0) is 26.3 Å². The Balaban J connectivity index is 1.47. The summed E-state index contributed by atoms with van der Waals surface area (Å²) in [5, 5.41) is 15.6. The smallest absolute Gasteiger partial charge is 0.250 e. The highest BCUT2D eigenvalue weighted by Gasteiger charge is 2.70. The van der Waals surface area contributed by atoms with Crippen LogP contribution in [0.15, 0.2) is 66.7 Å². The average molecular weight is 500 g/mol. The number of rotatable bonds is 4. The molecule has 0 aliphatic carbocycles. The maximum Gasteiger partial charge on any atom is 0.250 e.